The lowest BCUT2D eigenvalue weighted by Gasteiger charge is -2.31. The fourth-order valence-electron chi connectivity index (χ4n) is 3.23. The third-order valence-electron chi connectivity index (χ3n) is 4.84. The van der Waals surface area contributed by atoms with E-state index in [0.29, 0.717) is 34.7 Å². The molecule has 0 saturated carbocycles. The molecule has 9 heteroatoms. The Balaban J connectivity index is 1.98. The Kier molecular flexibility index (Phi) is 7.18. The van der Waals surface area contributed by atoms with Crippen LogP contribution >= 0.6 is 26.0 Å². The number of benzene rings is 1. The van der Waals surface area contributed by atoms with Crippen molar-refractivity contribution < 1.29 is 9.47 Å². The van der Waals surface area contributed by atoms with E-state index in [-0.39, 0.29) is 6.73 Å². The molecule has 0 aliphatic carbocycles. The molecule has 0 atom stereocenters. The van der Waals surface area contributed by atoms with Crippen molar-refractivity contribution in [3.63, 3.8) is 0 Å². The first kappa shape index (κ1) is 23.4. The summed E-state index contributed by atoms with van der Waals surface area (Å²) in [5, 5.41) is 0. The summed E-state index contributed by atoms with van der Waals surface area (Å²) in [7, 11) is 0.909. The molecule has 2 aromatic rings. The molecule has 0 unspecified atom stereocenters. The van der Waals surface area contributed by atoms with Crippen LogP contribution in [0.2, 0.25) is 0 Å². The van der Waals surface area contributed by atoms with Crippen LogP contribution < -0.4 is 20.9 Å². The summed E-state index contributed by atoms with van der Waals surface area (Å²) in [4.78, 5) is 29.7. The van der Waals surface area contributed by atoms with Crippen LogP contribution in [0.15, 0.2) is 51.1 Å². The molecular weight excluding hydrogens is 482 g/mol. The molecule has 168 valence electrons. The van der Waals surface area contributed by atoms with Gasteiger partial charge >= 0.3 is 5.69 Å². The average Bonchev–Trinajstić information content (AvgIpc) is 2.69. The number of nitrogens with one attached hydrogen (secondary N) is 1. The van der Waals surface area contributed by atoms with E-state index < -0.39 is 21.3 Å². The predicted octanol–water partition coefficient (Wildman–Crippen LogP) is 3.48. The van der Waals surface area contributed by atoms with E-state index in [1.165, 1.54) is 4.57 Å². The predicted molar refractivity (Wildman–Crippen MR) is 133 cm³/mol. The van der Waals surface area contributed by atoms with Gasteiger partial charge in [-0.25, -0.2) is 14.8 Å². The summed E-state index contributed by atoms with van der Waals surface area (Å²) in [5.74, 6) is 1.66. The lowest BCUT2D eigenvalue weighted by atomic mass is 10.1. The number of ether oxygens (including phenoxy) is 2. The first-order chi connectivity index (χ1) is 14.6. The molecule has 0 amide bonds. The minimum absolute atomic E-state index is 0.0466. The molecule has 3 rings (SSSR count). The van der Waals surface area contributed by atoms with Crippen LogP contribution in [0.1, 0.15) is 11.3 Å². The summed E-state index contributed by atoms with van der Waals surface area (Å²) >= 11 is 3.55. The van der Waals surface area contributed by atoms with Gasteiger partial charge in [0.2, 0.25) is 0 Å². The molecule has 1 N–H and O–H groups in total. The number of halogens is 1. The van der Waals surface area contributed by atoms with E-state index in [9.17, 15) is 9.59 Å². The molecular formula is C22H28BrN3O4S. The Bertz CT molecular complexity index is 1130. The largest absolute Gasteiger partial charge is 0.497 e. The van der Waals surface area contributed by atoms with Crippen molar-refractivity contribution in [3.05, 3.63) is 73.6 Å². The average molecular weight is 510 g/mol. The van der Waals surface area contributed by atoms with Crippen LogP contribution in [-0.4, -0.2) is 47.8 Å². The van der Waals surface area contributed by atoms with Crippen molar-refractivity contribution in [2.24, 2.45) is 0 Å². The van der Waals surface area contributed by atoms with Crippen LogP contribution in [0.3, 0.4) is 0 Å². The number of methoxy groups -OCH3 is 1. The van der Waals surface area contributed by atoms with Crippen molar-refractivity contribution in [2.45, 2.75) is 13.3 Å². The highest BCUT2D eigenvalue weighted by Crippen LogP contribution is 2.36. The quantitative estimate of drug-likeness (QED) is 0.435. The summed E-state index contributed by atoms with van der Waals surface area (Å²) in [6.07, 6.45) is 8.44. The van der Waals surface area contributed by atoms with Gasteiger partial charge in [0.15, 0.2) is 0 Å². The van der Waals surface area contributed by atoms with Gasteiger partial charge in [-0.3, -0.25) is 14.3 Å². The fraction of sp³-hybridized carbons (Fsp3) is 0.364. The number of fused-ring (bicyclic) bond motifs is 1. The van der Waals surface area contributed by atoms with Crippen LogP contribution in [0.25, 0.3) is 5.57 Å². The van der Waals surface area contributed by atoms with Gasteiger partial charge in [-0.15, -0.1) is 0 Å². The van der Waals surface area contributed by atoms with E-state index in [2.05, 4.69) is 46.3 Å². The van der Waals surface area contributed by atoms with Gasteiger partial charge < -0.3 is 14.4 Å². The molecule has 0 spiro atoms. The van der Waals surface area contributed by atoms with Crippen molar-refractivity contribution in [2.75, 3.05) is 43.1 Å². The molecule has 0 fully saturated rings. The Morgan fingerprint density at radius 2 is 1.97 bits per heavy atom. The lowest BCUT2D eigenvalue weighted by Crippen LogP contribution is -2.39. The smallest absolute Gasteiger partial charge is 0.330 e. The number of hydrogen-bond donors (Lipinski definition) is 1. The normalized spacial score (nSPS) is 14.3. The molecule has 31 heavy (non-hydrogen) atoms. The molecule has 1 aliphatic rings. The topological polar surface area (TPSA) is 76.6 Å². The van der Waals surface area contributed by atoms with Gasteiger partial charge in [-0.2, -0.15) is 0 Å². The van der Waals surface area contributed by atoms with E-state index in [1.54, 1.807) is 13.2 Å². The maximum Gasteiger partial charge on any atom is 0.330 e. The number of H-pyrrole nitrogens is 1. The number of aromatic nitrogens is 2. The Hall–Kier alpha value is -2.23. The molecule has 2 heterocycles. The van der Waals surface area contributed by atoms with Crippen LogP contribution in [0.5, 0.6) is 5.75 Å². The molecule has 0 radical (unpaired) electrons. The molecule has 1 aliphatic heterocycles. The highest BCUT2D eigenvalue weighted by molar-refractivity contribution is 9.11. The second-order valence-electron chi connectivity index (χ2n) is 8.15. The van der Waals surface area contributed by atoms with Gasteiger partial charge in [-0.1, -0.05) is 18.7 Å². The zero-order valence-corrected chi connectivity index (χ0v) is 20.6. The summed E-state index contributed by atoms with van der Waals surface area (Å²) in [6, 6.07) is 7.62. The SMILES string of the molecule is C=C1C=C(Br)N(Cc2cccc(OC)c2)c2c1n(COCCS(C)(C)C)c(=O)[nH]c2=O. The van der Waals surface area contributed by atoms with Gasteiger partial charge in [0.1, 0.15) is 18.2 Å². The summed E-state index contributed by atoms with van der Waals surface area (Å²) < 4.78 is 13.2. The van der Waals surface area contributed by atoms with E-state index in [1.807, 2.05) is 29.2 Å². The number of aromatic amines is 1. The van der Waals surface area contributed by atoms with Crippen LogP contribution in [0.4, 0.5) is 5.69 Å². The number of hydrogen-bond acceptors (Lipinski definition) is 5. The van der Waals surface area contributed by atoms with Gasteiger partial charge in [0.25, 0.3) is 5.56 Å². The molecule has 1 aromatic carbocycles. The zero-order valence-electron chi connectivity index (χ0n) is 18.2. The first-order valence-corrected chi connectivity index (χ1v) is 13.5. The van der Waals surface area contributed by atoms with Crippen molar-refractivity contribution in [3.8, 4) is 5.75 Å². The van der Waals surface area contributed by atoms with E-state index in [0.717, 1.165) is 17.1 Å². The minimum Gasteiger partial charge on any atom is -0.497 e. The highest BCUT2D eigenvalue weighted by Gasteiger charge is 2.28. The highest BCUT2D eigenvalue weighted by atomic mass is 79.9. The monoisotopic (exact) mass is 509 g/mol. The number of nitrogens with zero attached hydrogens (tertiary/aromatic N) is 2. The van der Waals surface area contributed by atoms with Crippen molar-refractivity contribution in [1.82, 2.24) is 9.55 Å². The first-order valence-electron chi connectivity index (χ1n) is 9.68. The van der Waals surface area contributed by atoms with Gasteiger partial charge in [-0.05, 0) is 64.0 Å². The lowest BCUT2D eigenvalue weighted by molar-refractivity contribution is 0.0856. The maximum absolute atomic E-state index is 12.9. The molecule has 1 aromatic heterocycles. The minimum atomic E-state index is -0.702. The standard InChI is InChI=1S/C22H28BrN3O4S/c1-15-11-18(23)25(13-16-7-6-8-17(12-16)29-2)20-19(15)26(22(28)24-21(20)27)14-30-9-10-31(3,4)5/h6-8,11-12H,1,9-10,13-14H2,2-5H3,(H,24,27,28). The maximum atomic E-state index is 12.9. The number of anilines is 1. The zero-order chi connectivity index (χ0) is 22.8. The Labute approximate surface area is 191 Å². The van der Waals surface area contributed by atoms with Crippen LogP contribution in [0, 0.1) is 0 Å². The van der Waals surface area contributed by atoms with Crippen LogP contribution in [-0.2, 0) is 18.0 Å². The summed E-state index contributed by atoms with van der Waals surface area (Å²) in [6.45, 7) is 5.06. The Morgan fingerprint density at radius 3 is 2.65 bits per heavy atom. The van der Waals surface area contributed by atoms with Crippen molar-refractivity contribution in [1.29, 1.82) is 0 Å². The Morgan fingerprint density at radius 1 is 1.23 bits per heavy atom. The van der Waals surface area contributed by atoms with Gasteiger partial charge in [0, 0.05) is 12.3 Å². The van der Waals surface area contributed by atoms with E-state index in [4.69, 9.17) is 9.47 Å². The van der Waals surface area contributed by atoms with E-state index >= 15 is 0 Å². The third-order valence-corrected chi connectivity index (χ3v) is 6.88. The second kappa shape index (κ2) is 9.50. The second-order valence-corrected chi connectivity index (χ2v) is 13.5. The third kappa shape index (κ3) is 5.53. The molecule has 0 bridgehead atoms. The molecule has 7 nitrogen and oxygen atoms in total. The summed E-state index contributed by atoms with van der Waals surface area (Å²) in [5.41, 5.74) is 1.35. The number of rotatable bonds is 8. The fourth-order valence-corrected chi connectivity index (χ4v) is 4.43. The van der Waals surface area contributed by atoms with Crippen molar-refractivity contribution >= 4 is 37.2 Å². The molecule has 0 saturated heterocycles. The number of allylic oxidation sites excluding steroid dienone is 2. The van der Waals surface area contributed by atoms with Gasteiger partial charge in [0.05, 0.1) is 24.0 Å².